The Kier molecular flexibility index (Phi) is 7.07. The molecule has 2 aromatic rings. The highest BCUT2D eigenvalue weighted by Gasteiger charge is 2.20. The van der Waals surface area contributed by atoms with Crippen LogP contribution in [0.5, 0.6) is 5.75 Å². The molecular weight excluding hydrogens is 362 g/mol. The third kappa shape index (κ3) is 5.94. The van der Waals surface area contributed by atoms with Crippen LogP contribution >= 0.6 is 11.6 Å². The molecule has 1 fully saturated rings. The van der Waals surface area contributed by atoms with E-state index in [1.54, 1.807) is 31.5 Å². The van der Waals surface area contributed by atoms with E-state index in [-0.39, 0.29) is 5.91 Å². The minimum absolute atomic E-state index is 0.0283. The smallest absolute Gasteiger partial charge is 0.224 e. The van der Waals surface area contributed by atoms with Crippen LogP contribution in [0.2, 0.25) is 5.02 Å². The van der Waals surface area contributed by atoms with E-state index < -0.39 is 0 Å². The second-order valence-electron chi connectivity index (χ2n) is 7.04. The van der Waals surface area contributed by atoms with Crippen molar-refractivity contribution < 1.29 is 9.53 Å². The van der Waals surface area contributed by atoms with Crippen LogP contribution in [0.15, 0.2) is 42.7 Å². The molecule has 1 aromatic heterocycles. The quantitative estimate of drug-likeness (QED) is 0.766. The summed E-state index contributed by atoms with van der Waals surface area (Å²) in [6.07, 6.45) is 7.52. The number of halogens is 1. The Morgan fingerprint density at radius 2 is 2.30 bits per heavy atom. The lowest BCUT2D eigenvalue weighted by atomic mass is 9.93. The highest BCUT2D eigenvalue weighted by molar-refractivity contribution is 6.32. The summed E-state index contributed by atoms with van der Waals surface area (Å²) in [5, 5.41) is 3.42. The van der Waals surface area contributed by atoms with Gasteiger partial charge in [0.2, 0.25) is 5.91 Å². The van der Waals surface area contributed by atoms with E-state index in [1.165, 1.54) is 18.4 Å². The monoisotopic (exact) mass is 387 g/mol. The van der Waals surface area contributed by atoms with E-state index in [2.05, 4.69) is 21.3 Å². The third-order valence-corrected chi connectivity index (χ3v) is 5.24. The van der Waals surface area contributed by atoms with Crippen molar-refractivity contribution in [3.63, 3.8) is 0 Å². The number of carbonyl (C=O) groups excluding carboxylic acids is 1. The van der Waals surface area contributed by atoms with Gasteiger partial charge in [0.1, 0.15) is 5.75 Å². The molecule has 5 nitrogen and oxygen atoms in total. The number of pyridine rings is 1. The molecule has 1 unspecified atom stereocenters. The van der Waals surface area contributed by atoms with Gasteiger partial charge < -0.3 is 10.1 Å². The van der Waals surface area contributed by atoms with Crippen molar-refractivity contribution in [1.29, 1.82) is 0 Å². The number of piperidine rings is 1. The topological polar surface area (TPSA) is 54.5 Å². The van der Waals surface area contributed by atoms with Gasteiger partial charge in [-0.15, -0.1) is 0 Å². The Hall–Kier alpha value is -2.11. The molecule has 144 valence electrons. The van der Waals surface area contributed by atoms with Gasteiger partial charge in [0.25, 0.3) is 0 Å². The van der Waals surface area contributed by atoms with Gasteiger partial charge in [0.15, 0.2) is 0 Å². The molecule has 0 saturated carbocycles. The van der Waals surface area contributed by atoms with Gasteiger partial charge in [-0.25, -0.2) is 0 Å². The van der Waals surface area contributed by atoms with E-state index in [4.69, 9.17) is 16.3 Å². The van der Waals surface area contributed by atoms with Crippen molar-refractivity contribution in [3.05, 3.63) is 53.3 Å². The molecule has 1 atom stereocenters. The van der Waals surface area contributed by atoms with Crippen molar-refractivity contribution in [2.24, 2.45) is 5.92 Å². The number of hydrogen-bond acceptors (Lipinski definition) is 4. The highest BCUT2D eigenvalue weighted by Crippen LogP contribution is 2.27. The summed E-state index contributed by atoms with van der Waals surface area (Å²) in [5.41, 5.74) is 1.94. The first-order valence-corrected chi connectivity index (χ1v) is 9.76. The summed E-state index contributed by atoms with van der Waals surface area (Å²) in [6.45, 7) is 3.08. The maximum atomic E-state index is 12.3. The lowest BCUT2D eigenvalue weighted by Crippen LogP contribution is -2.35. The van der Waals surface area contributed by atoms with Gasteiger partial charge in [-0.1, -0.05) is 17.7 Å². The molecule has 6 heteroatoms. The molecular formula is C21H26ClN3O2. The van der Waals surface area contributed by atoms with Gasteiger partial charge in [-0.05, 0) is 61.6 Å². The summed E-state index contributed by atoms with van der Waals surface area (Å²) in [6, 6.07) is 9.37. The molecule has 0 spiro atoms. The lowest BCUT2D eigenvalue weighted by molar-refractivity contribution is -0.116. The zero-order chi connectivity index (χ0) is 19.1. The van der Waals surface area contributed by atoms with Crippen LogP contribution in [0.3, 0.4) is 0 Å². The molecule has 0 radical (unpaired) electrons. The molecule has 0 aliphatic carbocycles. The first kappa shape index (κ1) is 19.6. The average molecular weight is 388 g/mol. The first-order valence-electron chi connectivity index (χ1n) is 9.38. The summed E-state index contributed by atoms with van der Waals surface area (Å²) >= 11 is 6.11. The van der Waals surface area contributed by atoms with Crippen LogP contribution in [0.1, 0.15) is 31.2 Å². The molecule has 1 saturated heterocycles. The van der Waals surface area contributed by atoms with Crippen molar-refractivity contribution >= 4 is 23.2 Å². The van der Waals surface area contributed by atoms with E-state index in [0.29, 0.717) is 28.8 Å². The molecule has 27 heavy (non-hydrogen) atoms. The fourth-order valence-corrected chi connectivity index (χ4v) is 3.84. The van der Waals surface area contributed by atoms with Crippen molar-refractivity contribution in [2.45, 2.75) is 32.2 Å². The van der Waals surface area contributed by atoms with Crippen LogP contribution in [0, 0.1) is 5.92 Å². The molecule has 1 N–H and O–H groups in total. The van der Waals surface area contributed by atoms with Crippen LogP contribution in [0.4, 0.5) is 5.69 Å². The Morgan fingerprint density at radius 1 is 1.41 bits per heavy atom. The summed E-state index contributed by atoms with van der Waals surface area (Å²) in [4.78, 5) is 18.9. The van der Waals surface area contributed by atoms with Crippen LogP contribution in [-0.2, 0) is 11.3 Å². The van der Waals surface area contributed by atoms with Gasteiger partial charge in [-0.2, -0.15) is 0 Å². The number of benzene rings is 1. The Balaban J connectivity index is 1.45. The summed E-state index contributed by atoms with van der Waals surface area (Å²) in [5.74, 6) is 1.19. The van der Waals surface area contributed by atoms with Crippen molar-refractivity contribution in [3.8, 4) is 5.75 Å². The van der Waals surface area contributed by atoms with Gasteiger partial charge in [-0.3, -0.25) is 14.7 Å². The van der Waals surface area contributed by atoms with E-state index in [1.807, 2.05) is 12.3 Å². The number of anilines is 1. The van der Waals surface area contributed by atoms with Gasteiger partial charge in [0.05, 0.1) is 12.1 Å². The fraction of sp³-hybridized carbons (Fsp3) is 0.429. The molecule has 0 bridgehead atoms. The van der Waals surface area contributed by atoms with Crippen LogP contribution in [0.25, 0.3) is 0 Å². The largest absolute Gasteiger partial charge is 0.495 e. The zero-order valence-corrected chi connectivity index (χ0v) is 16.4. The minimum atomic E-state index is 0.0283. The number of nitrogens with one attached hydrogen (secondary N) is 1. The van der Waals surface area contributed by atoms with Crippen LogP contribution < -0.4 is 10.1 Å². The Labute approximate surface area is 165 Å². The third-order valence-electron chi connectivity index (χ3n) is 4.95. The zero-order valence-electron chi connectivity index (χ0n) is 15.7. The van der Waals surface area contributed by atoms with E-state index in [9.17, 15) is 4.79 Å². The van der Waals surface area contributed by atoms with E-state index in [0.717, 1.165) is 26.1 Å². The van der Waals surface area contributed by atoms with Gasteiger partial charge >= 0.3 is 0 Å². The number of rotatable bonds is 7. The van der Waals surface area contributed by atoms with Gasteiger partial charge in [0, 0.05) is 37.6 Å². The predicted molar refractivity (Wildman–Crippen MR) is 108 cm³/mol. The second-order valence-corrected chi connectivity index (χ2v) is 7.45. The minimum Gasteiger partial charge on any atom is -0.495 e. The molecule has 1 amide bonds. The Bertz CT molecular complexity index is 754. The standard InChI is InChI=1S/C21H26ClN3O2/c1-27-20-8-7-18(12-19(20)22)24-21(26)9-6-16-5-3-11-25(14-16)15-17-4-2-10-23-13-17/h2,4,7-8,10,12-13,16H,3,5-6,9,11,14-15H2,1H3,(H,24,26). The normalized spacial score (nSPS) is 17.5. The molecule has 1 aliphatic heterocycles. The highest BCUT2D eigenvalue weighted by atomic mass is 35.5. The number of methoxy groups -OCH3 is 1. The van der Waals surface area contributed by atoms with Crippen molar-refractivity contribution in [2.75, 3.05) is 25.5 Å². The summed E-state index contributed by atoms with van der Waals surface area (Å²) in [7, 11) is 1.57. The predicted octanol–water partition coefficient (Wildman–Crippen LogP) is 4.37. The van der Waals surface area contributed by atoms with Crippen LogP contribution in [-0.4, -0.2) is 36.0 Å². The lowest BCUT2D eigenvalue weighted by Gasteiger charge is -2.32. The number of nitrogens with zero attached hydrogens (tertiary/aromatic N) is 2. The number of hydrogen-bond donors (Lipinski definition) is 1. The van der Waals surface area contributed by atoms with E-state index >= 15 is 0 Å². The molecule has 2 heterocycles. The Morgan fingerprint density at radius 3 is 3.04 bits per heavy atom. The first-order chi connectivity index (χ1) is 13.1. The maximum absolute atomic E-state index is 12.3. The molecule has 1 aromatic carbocycles. The summed E-state index contributed by atoms with van der Waals surface area (Å²) < 4.78 is 5.13. The molecule has 3 rings (SSSR count). The number of ether oxygens (including phenoxy) is 1. The number of likely N-dealkylation sites (tertiary alicyclic amines) is 1. The van der Waals surface area contributed by atoms with Crippen molar-refractivity contribution in [1.82, 2.24) is 9.88 Å². The number of amides is 1. The maximum Gasteiger partial charge on any atom is 0.224 e. The second kappa shape index (κ2) is 9.72. The number of carbonyl (C=O) groups is 1. The number of aromatic nitrogens is 1. The molecule has 1 aliphatic rings. The SMILES string of the molecule is COc1ccc(NC(=O)CCC2CCCN(Cc3cccnc3)C2)cc1Cl. The fourth-order valence-electron chi connectivity index (χ4n) is 3.58. The average Bonchev–Trinajstić information content (AvgIpc) is 2.68.